The predicted octanol–water partition coefficient (Wildman–Crippen LogP) is 4.57. The lowest BCUT2D eigenvalue weighted by atomic mass is 10.2. The number of benzene rings is 2. The third-order valence-electron chi connectivity index (χ3n) is 3.99. The molecule has 3 rings (SSSR count). The van der Waals surface area contributed by atoms with Crippen LogP contribution < -0.4 is 10.1 Å². The molecule has 1 aliphatic rings. The Bertz CT molecular complexity index is 709. The van der Waals surface area contributed by atoms with Crippen molar-refractivity contribution < 1.29 is 14.3 Å². The minimum absolute atomic E-state index is 0.137. The maximum atomic E-state index is 12.3. The fraction of sp³-hybridized carbons (Fsp3) is 0.316. The van der Waals surface area contributed by atoms with Crippen LogP contribution in [0.15, 0.2) is 46.9 Å². The van der Waals surface area contributed by atoms with Crippen LogP contribution in [0.1, 0.15) is 28.8 Å². The van der Waals surface area contributed by atoms with Crippen molar-refractivity contribution in [2.75, 3.05) is 18.5 Å². The summed E-state index contributed by atoms with van der Waals surface area (Å²) in [7, 11) is 0. The van der Waals surface area contributed by atoms with Crippen molar-refractivity contribution in [2.24, 2.45) is 0 Å². The molecule has 2 aromatic carbocycles. The van der Waals surface area contributed by atoms with Crippen LogP contribution in [-0.4, -0.2) is 25.2 Å². The highest BCUT2D eigenvalue weighted by molar-refractivity contribution is 9.10. The number of ether oxygens (including phenoxy) is 2. The van der Waals surface area contributed by atoms with Crippen molar-refractivity contribution in [3.8, 4) is 5.75 Å². The molecule has 0 saturated carbocycles. The third-order valence-corrected chi connectivity index (χ3v) is 4.88. The number of anilines is 1. The molecule has 0 unspecified atom stereocenters. The highest BCUT2D eigenvalue weighted by Gasteiger charge is 2.16. The van der Waals surface area contributed by atoms with Gasteiger partial charge in [-0.1, -0.05) is 15.9 Å². The van der Waals surface area contributed by atoms with Gasteiger partial charge in [0.1, 0.15) is 12.4 Å². The van der Waals surface area contributed by atoms with E-state index in [2.05, 4.69) is 21.2 Å². The first kappa shape index (κ1) is 17.0. The zero-order valence-corrected chi connectivity index (χ0v) is 15.1. The molecule has 24 heavy (non-hydrogen) atoms. The number of amides is 1. The second-order valence-electron chi connectivity index (χ2n) is 5.89. The van der Waals surface area contributed by atoms with Gasteiger partial charge in [-0.3, -0.25) is 4.79 Å². The van der Waals surface area contributed by atoms with Gasteiger partial charge >= 0.3 is 0 Å². The van der Waals surface area contributed by atoms with Crippen LogP contribution in [0, 0.1) is 6.92 Å². The summed E-state index contributed by atoms with van der Waals surface area (Å²) < 4.78 is 12.3. The molecule has 1 heterocycles. The Labute approximate surface area is 150 Å². The average molecular weight is 390 g/mol. The van der Waals surface area contributed by atoms with E-state index in [9.17, 15) is 4.79 Å². The number of hydrogen-bond donors (Lipinski definition) is 1. The molecule has 0 aliphatic carbocycles. The largest absolute Gasteiger partial charge is 0.491 e. The summed E-state index contributed by atoms with van der Waals surface area (Å²) >= 11 is 3.45. The molecule has 0 radical (unpaired) electrons. The number of carbonyl (C=O) groups excluding carboxylic acids is 1. The smallest absolute Gasteiger partial charge is 0.255 e. The maximum Gasteiger partial charge on any atom is 0.255 e. The van der Waals surface area contributed by atoms with Crippen molar-refractivity contribution >= 4 is 27.5 Å². The molecule has 1 atom stereocenters. The second kappa shape index (κ2) is 7.81. The first-order valence-corrected chi connectivity index (χ1v) is 8.83. The van der Waals surface area contributed by atoms with Gasteiger partial charge in [0.05, 0.1) is 6.10 Å². The number of nitrogens with one attached hydrogen (secondary N) is 1. The third kappa shape index (κ3) is 4.36. The van der Waals surface area contributed by atoms with Crippen LogP contribution in [0.2, 0.25) is 0 Å². The van der Waals surface area contributed by atoms with Gasteiger partial charge < -0.3 is 14.8 Å². The summed E-state index contributed by atoms with van der Waals surface area (Å²) in [5.41, 5.74) is 2.45. The van der Waals surface area contributed by atoms with E-state index in [-0.39, 0.29) is 12.0 Å². The van der Waals surface area contributed by atoms with Gasteiger partial charge in [-0.15, -0.1) is 0 Å². The van der Waals surface area contributed by atoms with Crippen LogP contribution in [0.3, 0.4) is 0 Å². The fourth-order valence-electron chi connectivity index (χ4n) is 2.59. The molecule has 0 spiro atoms. The Morgan fingerprint density at radius 1 is 1.29 bits per heavy atom. The lowest BCUT2D eigenvalue weighted by molar-refractivity contribution is 0.0679. The van der Waals surface area contributed by atoms with Gasteiger partial charge in [0.15, 0.2) is 0 Å². The lowest BCUT2D eigenvalue weighted by Gasteiger charge is -2.12. The first-order chi connectivity index (χ1) is 11.6. The van der Waals surface area contributed by atoms with Crippen LogP contribution >= 0.6 is 15.9 Å². The minimum Gasteiger partial charge on any atom is -0.491 e. The summed E-state index contributed by atoms with van der Waals surface area (Å²) in [5.74, 6) is 0.615. The minimum atomic E-state index is -0.137. The Morgan fingerprint density at radius 3 is 2.75 bits per heavy atom. The molecular formula is C19H20BrNO3. The van der Waals surface area contributed by atoms with E-state index in [4.69, 9.17) is 9.47 Å². The standard InChI is InChI=1S/C19H20BrNO3/c1-13-11-15(6-9-18(13)20)21-19(22)14-4-7-16(8-5-14)24-12-17-3-2-10-23-17/h4-9,11,17H,2-3,10,12H2,1H3,(H,21,22)/t17-/m1/s1. The highest BCUT2D eigenvalue weighted by Crippen LogP contribution is 2.21. The number of aryl methyl sites for hydroxylation is 1. The van der Waals surface area contributed by atoms with Crippen molar-refractivity contribution in [1.82, 2.24) is 0 Å². The van der Waals surface area contributed by atoms with Gasteiger partial charge in [0.25, 0.3) is 5.91 Å². The number of rotatable bonds is 5. The SMILES string of the molecule is Cc1cc(NC(=O)c2ccc(OC[C@H]3CCCO3)cc2)ccc1Br. The van der Waals surface area contributed by atoms with Gasteiger partial charge in [0, 0.05) is 22.3 Å². The van der Waals surface area contributed by atoms with E-state index in [1.807, 2.05) is 37.3 Å². The molecule has 1 saturated heterocycles. The molecule has 4 nitrogen and oxygen atoms in total. The van der Waals surface area contributed by atoms with Gasteiger partial charge in [0.2, 0.25) is 0 Å². The van der Waals surface area contributed by atoms with E-state index in [0.29, 0.717) is 12.2 Å². The average Bonchev–Trinajstić information content (AvgIpc) is 3.10. The molecule has 5 heteroatoms. The topological polar surface area (TPSA) is 47.6 Å². The van der Waals surface area contributed by atoms with E-state index in [1.54, 1.807) is 12.1 Å². The van der Waals surface area contributed by atoms with Crippen molar-refractivity contribution in [3.63, 3.8) is 0 Å². The molecular weight excluding hydrogens is 370 g/mol. The van der Waals surface area contributed by atoms with Crippen LogP contribution in [0.25, 0.3) is 0 Å². The van der Waals surface area contributed by atoms with Crippen LogP contribution in [-0.2, 0) is 4.74 Å². The molecule has 126 valence electrons. The summed E-state index contributed by atoms with van der Waals surface area (Å²) in [4.78, 5) is 12.3. The van der Waals surface area contributed by atoms with Crippen molar-refractivity contribution in [1.29, 1.82) is 0 Å². The molecule has 1 fully saturated rings. The molecule has 1 aliphatic heterocycles. The van der Waals surface area contributed by atoms with Crippen molar-refractivity contribution in [2.45, 2.75) is 25.9 Å². The zero-order chi connectivity index (χ0) is 16.9. The van der Waals surface area contributed by atoms with Gasteiger partial charge in [-0.25, -0.2) is 0 Å². The number of halogens is 1. The lowest BCUT2D eigenvalue weighted by Crippen LogP contribution is -2.16. The Kier molecular flexibility index (Phi) is 5.53. The summed E-state index contributed by atoms with van der Waals surface area (Å²) in [6, 6.07) is 12.9. The van der Waals surface area contributed by atoms with E-state index < -0.39 is 0 Å². The highest BCUT2D eigenvalue weighted by atomic mass is 79.9. The molecule has 2 aromatic rings. The predicted molar refractivity (Wildman–Crippen MR) is 97.7 cm³/mol. The molecule has 0 aromatic heterocycles. The van der Waals surface area contributed by atoms with E-state index >= 15 is 0 Å². The number of hydrogen-bond acceptors (Lipinski definition) is 3. The second-order valence-corrected chi connectivity index (χ2v) is 6.74. The Hall–Kier alpha value is -1.85. The van der Waals surface area contributed by atoms with E-state index in [0.717, 1.165) is 40.9 Å². The quantitative estimate of drug-likeness (QED) is 0.814. The first-order valence-electron chi connectivity index (χ1n) is 8.04. The monoisotopic (exact) mass is 389 g/mol. The van der Waals surface area contributed by atoms with Gasteiger partial charge in [-0.2, -0.15) is 0 Å². The Balaban J connectivity index is 1.57. The summed E-state index contributed by atoms with van der Waals surface area (Å²) in [6.07, 6.45) is 2.34. The maximum absolute atomic E-state index is 12.3. The normalized spacial score (nSPS) is 16.8. The van der Waals surface area contributed by atoms with Crippen LogP contribution in [0.5, 0.6) is 5.75 Å². The molecule has 0 bridgehead atoms. The van der Waals surface area contributed by atoms with Crippen molar-refractivity contribution in [3.05, 3.63) is 58.1 Å². The zero-order valence-electron chi connectivity index (χ0n) is 13.5. The molecule has 1 amide bonds. The van der Waals surface area contributed by atoms with Gasteiger partial charge in [-0.05, 0) is 67.8 Å². The molecule has 1 N–H and O–H groups in total. The van der Waals surface area contributed by atoms with Crippen LogP contribution in [0.4, 0.5) is 5.69 Å². The summed E-state index contributed by atoms with van der Waals surface area (Å²) in [5, 5.41) is 2.90. The van der Waals surface area contributed by atoms with E-state index in [1.165, 1.54) is 0 Å². The summed E-state index contributed by atoms with van der Waals surface area (Å²) in [6.45, 7) is 3.37. The fourth-order valence-corrected chi connectivity index (χ4v) is 2.84. The Morgan fingerprint density at radius 2 is 2.08 bits per heavy atom. The number of carbonyl (C=O) groups is 1.